The Morgan fingerprint density at radius 2 is 1.93 bits per heavy atom. The van der Waals surface area contributed by atoms with Crippen LogP contribution in [-0.2, 0) is 0 Å². The Balaban J connectivity index is 3.00. The molecule has 4 heteroatoms. The lowest BCUT2D eigenvalue weighted by atomic mass is 10.2. The van der Waals surface area contributed by atoms with Crippen molar-refractivity contribution in [1.29, 1.82) is 0 Å². The summed E-state index contributed by atoms with van der Waals surface area (Å²) in [5.74, 6) is -0.336. The van der Waals surface area contributed by atoms with E-state index in [1.54, 1.807) is 17.9 Å². The topological polar surface area (TPSA) is 63.9 Å². The van der Waals surface area contributed by atoms with Crippen molar-refractivity contribution in [3.63, 3.8) is 0 Å². The van der Waals surface area contributed by atoms with Crippen molar-refractivity contribution in [2.45, 2.75) is 20.1 Å². The van der Waals surface area contributed by atoms with Crippen LogP contribution >= 0.6 is 0 Å². The first-order valence-corrected chi connectivity index (χ1v) is 4.53. The average molecular weight is 197 g/mol. The smallest absolute Gasteiger partial charge is 0.159 e. The van der Waals surface area contributed by atoms with Gasteiger partial charge in [0, 0.05) is 18.3 Å². The summed E-state index contributed by atoms with van der Waals surface area (Å²) in [6.07, 6.45) is -0.621. The summed E-state index contributed by atoms with van der Waals surface area (Å²) in [5.41, 5.74) is 0.679. The fraction of sp³-hybridized carbons (Fsp3) is 0.400. The maximum atomic E-state index is 9.41. The summed E-state index contributed by atoms with van der Waals surface area (Å²) >= 11 is 0. The molecule has 0 aliphatic rings. The van der Waals surface area contributed by atoms with Gasteiger partial charge < -0.3 is 20.2 Å². The molecule has 0 heterocycles. The van der Waals surface area contributed by atoms with Crippen molar-refractivity contribution < 1.29 is 15.3 Å². The van der Waals surface area contributed by atoms with Crippen LogP contribution in [0, 0.1) is 0 Å². The van der Waals surface area contributed by atoms with Crippen LogP contribution in [0.15, 0.2) is 18.2 Å². The molecule has 78 valence electrons. The molecule has 1 atom stereocenters. The average Bonchev–Trinajstić information content (AvgIpc) is 2.11. The van der Waals surface area contributed by atoms with Crippen LogP contribution in [0.3, 0.4) is 0 Å². The first-order valence-electron chi connectivity index (χ1n) is 4.53. The van der Waals surface area contributed by atoms with Crippen molar-refractivity contribution >= 4 is 5.69 Å². The van der Waals surface area contributed by atoms with Crippen LogP contribution < -0.4 is 4.90 Å². The molecule has 0 aromatic heterocycles. The van der Waals surface area contributed by atoms with E-state index in [2.05, 4.69) is 0 Å². The zero-order valence-electron chi connectivity index (χ0n) is 8.31. The number of hydrogen-bond donors (Lipinski definition) is 3. The van der Waals surface area contributed by atoms with Gasteiger partial charge in [0.1, 0.15) is 6.23 Å². The Hall–Kier alpha value is -1.42. The van der Waals surface area contributed by atoms with E-state index in [9.17, 15) is 10.2 Å². The number of aliphatic hydroxyl groups excluding tert-OH is 1. The molecule has 3 N–H and O–H groups in total. The molecule has 0 fully saturated rings. The minimum absolute atomic E-state index is 0.157. The van der Waals surface area contributed by atoms with Crippen LogP contribution in [0.1, 0.15) is 13.8 Å². The fourth-order valence-corrected chi connectivity index (χ4v) is 1.35. The number of hydrogen-bond acceptors (Lipinski definition) is 4. The van der Waals surface area contributed by atoms with Gasteiger partial charge in [0.15, 0.2) is 11.5 Å². The molecule has 0 aliphatic carbocycles. The summed E-state index contributed by atoms with van der Waals surface area (Å²) < 4.78 is 0. The highest BCUT2D eigenvalue weighted by molar-refractivity contribution is 5.55. The third-order valence-corrected chi connectivity index (χ3v) is 2.08. The van der Waals surface area contributed by atoms with Crippen LogP contribution in [0.5, 0.6) is 11.5 Å². The van der Waals surface area contributed by atoms with Gasteiger partial charge in [0.2, 0.25) is 0 Å². The maximum absolute atomic E-state index is 9.41. The second-order valence-electron chi connectivity index (χ2n) is 3.09. The first kappa shape index (κ1) is 10.7. The van der Waals surface area contributed by atoms with Crippen molar-refractivity contribution in [2.75, 3.05) is 11.4 Å². The lowest BCUT2D eigenvalue weighted by Gasteiger charge is -2.26. The van der Waals surface area contributed by atoms with Gasteiger partial charge in [0.25, 0.3) is 0 Å². The molecule has 0 spiro atoms. The number of anilines is 1. The third kappa shape index (κ3) is 2.09. The summed E-state index contributed by atoms with van der Waals surface area (Å²) in [6, 6.07) is 4.46. The fourth-order valence-electron chi connectivity index (χ4n) is 1.35. The number of phenols is 2. The van der Waals surface area contributed by atoms with E-state index in [0.717, 1.165) is 0 Å². The molecule has 0 radical (unpaired) electrons. The zero-order valence-corrected chi connectivity index (χ0v) is 8.31. The molecule has 1 unspecified atom stereocenters. The van der Waals surface area contributed by atoms with Gasteiger partial charge in [-0.3, -0.25) is 0 Å². The normalized spacial score (nSPS) is 12.5. The number of aromatic hydroxyl groups is 2. The Kier molecular flexibility index (Phi) is 3.19. The minimum atomic E-state index is -0.621. The van der Waals surface area contributed by atoms with Crippen LogP contribution in [-0.4, -0.2) is 28.1 Å². The van der Waals surface area contributed by atoms with Gasteiger partial charge in [-0.25, -0.2) is 0 Å². The van der Waals surface area contributed by atoms with E-state index in [4.69, 9.17) is 5.11 Å². The van der Waals surface area contributed by atoms with E-state index in [1.807, 2.05) is 6.92 Å². The van der Waals surface area contributed by atoms with E-state index in [1.165, 1.54) is 12.1 Å². The number of nitrogens with zero attached hydrogens (tertiary/aromatic N) is 1. The molecular weight excluding hydrogens is 182 g/mol. The predicted octanol–water partition coefficient (Wildman–Crippen LogP) is 1.26. The molecule has 0 saturated carbocycles. The van der Waals surface area contributed by atoms with Crippen molar-refractivity contribution in [3.05, 3.63) is 18.2 Å². The van der Waals surface area contributed by atoms with Crippen molar-refractivity contribution in [1.82, 2.24) is 0 Å². The first-order chi connectivity index (χ1) is 6.56. The summed E-state index contributed by atoms with van der Waals surface area (Å²) in [6.45, 7) is 4.17. The van der Waals surface area contributed by atoms with Crippen molar-refractivity contribution in [2.24, 2.45) is 0 Å². The molecule has 14 heavy (non-hydrogen) atoms. The number of benzene rings is 1. The van der Waals surface area contributed by atoms with E-state index in [0.29, 0.717) is 12.2 Å². The molecule has 1 rings (SSSR count). The van der Waals surface area contributed by atoms with Gasteiger partial charge in [-0.15, -0.1) is 0 Å². The quantitative estimate of drug-likeness (QED) is 0.504. The standard InChI is InChI=1S/C10H15NO3/c1-3-11(7(2)12)8-4-5-9(13)10(14)6-8/h4-7,12-14H,3H2,1-2H3. The molecule has 0 aliphatic heterocycles. The Morgan fingerprint density at radius 3 is 2.36 bits per heavy atom. The molecule has 4 nitrogen and oxygen atoms in total. The highest BCUT2D eigenvalue weighted by atomic mass is 16.3. The number of aliphatic hydroxyl groups is 1. The second kappa shape index (κ2) is 4.19. The third-order valence-electron chi connectivity index (χ3n) is 2.08. The van der Waals surface area contributed by atoms with Crippen LogP contribution in [0.2, 0.25) is 0 Å². The van der Waals surface area contributed by atoms with E-state index >= 15 is 0 Å². The molecule has 0 amide bonds. The Morgan fingerprint density at radius 1 is 1.29 bits per heavy atom. The van der Waals surface area contributed by atoms with Crippen molar-refractivity contribution in [3.8, 4) is 11.5 Å². The molecule has 0 saturated heterocycles. The summed E-state index contributed by atoms with van der Waals surface area (Å²) in [5, 5.41) is 27.8. The highest BCUT2D eigenvalue weighted by Crippen LogP contribution is 2.29. The van der Waals surface area contributed by atoms with Crippen LogP contribution in [0.4, 0.5) is 5.69 Å². The highest BCUT2D eigenvalue weighted by Gasteiger charge is 2.11. The second-order valence-corrected chi connectivity index (χ2v) is 3.09. The van der Waals surface area contributed by atoms with Gasteiger partial charge in [-0.05, 0) is 26.0 Å². The maximum Gasteiger partial charge on any atom is 0.159 e. The lowest BCUT2D eigenvalue weighted by molar-refractivity contribution is 0.190. The van der Waals surface area contributed by atoms with Gasteiger partial charge in [-0.2, -0.15) is 0 Å². The van der Waals surface area contributed by atoms with E-state index < -0.39 is 6.23 Å². The minimum Gasteiger partial charge on any atom is -0.504 e. The van der Waals surface area contributed by atoms with Gasteiger partial charge >= 0.3 is 0 Å². The van der Waals surface area contributed by atoms with Gasteiger partial charge in [-0.1, -0.05) is 0 Å². The predicted molar refractivity (Wildman–Crippen MR) is 54.5 cm³/mol. The van der Waals surface area contributed by atoms with Gasteiger partial charge in [0.05, 0.1) is 0 Å². The molecule has 1 aromatic rings. The lowest BCUT2D eigenvalue weighted by Crippen LogP contribution is -2.32. The summed E-state index contributed by atoms with van der Waals surface area (Å²) in [4.78, 5) is 1.69. The monoisotopic (exact) mass is 197 g/mol. The molecule has 0 bridgehead atoms. The number of rotatable bonds is 3. The van der Waals surface area contributed by atoms with E-state index in [-0.39, 0.29) is 11.5 Å². The summed E-state index contributed by atoms with van der Waals surface area (Å²) in [7, 11) is 0. The largest absolute Gasteiger partial charge is 0.504 e. The van der Waals surface area contributed by atoms with Crippen LogP contribution in [0.25, 0.3) is 0 Å². The zero-order chi connectivity index (χ0) is 10.7. The Labute approximate surface area is 83.0 Å². The molecular formula is C10H15NO3. The Bertz CT molecular complexity index is 312. The number of phenolic OH excluding ortho intramolecular Hbond substituents is 2. The molecule has 1 aromatic carbocycles. The SMILES string of the molecule is CCN(c1ccc(O)c(O)c1)C(C)O.